The Labute approximate surface area is 135 Å². The second kappa shape index (κ2) is 6.35. The van der Waals surface area contributed by atoms with Gasteiger partial charge in [0.25, 0.3) is 0 Å². The van der Waals surface area contributed by atoms with Crippen molar-refractivity contribution in [1.29, 1.82) is 0 Å². The molecule has 2 unspecified atom stereocenters. The molecule has 0 saturated carbocycles. The highest BCUT2D eigenvalue weighted by Gasteiger charge is 2.33. The molecule has 0 aliphatic carbocycles. The molecule has 5 nitrogen and oxygen atoms in total. The zero-order valence-electron chi connectivity index (χ0n) is 13.9. The Morgan fingerprint density at radius 3 is 2.74 bits per heavy atom. The Bertz CT molecular complexity index is 716. The van der Waals surface area contributed by atoms with E-state index < -0.39 is 6.08 Å². The van der Waals surface area contributed by atoms with Crippen LogP contribution in [0.25, 0.3) is 10.9 Å². The van der Waals surface area contributed by atoms with Crippen molar-refractivity contribution in [2.45, 2.75) is 58.6 Å². The van der Waals surface area contributed by atoms with Crippen LogP contribution in [0.5, 0.6) is 0 Å². The van der Waals surface area contributed by atoms with Gasteiger partial charge in [-0.15, -0.1) is 0 Å². The highest BCUT2D eigenvalue weighted by atomic mass is 19.1. The molecule has 0 aromatic carbocycles. The average molecular weight is 318 g/mol. The quantitative estimate of drug-likeness (QED) is 0.757. The fraction of sp³-hybridized carbons (Fsp3) is 0.588. The van der Waals surface area contributed by atoms with E-state index in [1.807, 2.05) is 20.8 Å². The molecule has 0 bridgehead atoms. The molecule has 0 amide bonds. The summed E-state index contributed by atoms with van der Waals surface area (Å²) in [6.45, 7) is 6.40. The first-order valence-corrected chi connectivity index (χ1v) is 8.40. The minimum absolute atomic E-state index is 0.292. The molecule has 2 aromatic heterocycles. The lowest BCUT2D eigenvalue weighted by molar-refractivity contribution is 0.140. The molecule has 4 heterocycles. The van der Waals surface area contributed by atoms with E-state index in [-0.39, 0.29) is 6.10 Å². The van der Waals surface area contributed by atoms with Gasteiger partial charge in [-0.05, 0) is 38.7 Å². The topological polar surface area (TPSA) is 62.1 Å². The molecule has 4 rings (SSSR count). The molecular weight excluding hydrogens is 295 g/mol. The molecule has 2 aromatic rings. The number of hydrogen-bond acceptors (Lipinski definition) is 5. The van der Waals surface area contributed by atoms with Crippen molar-refractivity contribution < 1.29 is 9.50 Å². The molecule has 0 radical (unpaired) electrons. The van der Waals surface area contributed by atoms with Crippen LogP contribution in [0.15, 0.2) is 6.07 Å². The smallest absolute Gasteiger partial charge is 0.311 e. The van der Waals surface area contributed by atoms with E-state index in [1.165, 1.54) is 0 Å². The Hall–Kier alpha value is -1.82. The van der Waals surface area contributed by atoms with Crippen LogP contribution in [0.4, 0.5) is 10.2 Å². The third kappa shape index (κ3) is 2.87. The number of piperidine rings is 1. The normalized spacial score (nSPS) is 22.9. The van der Waals surface area contributed by atoms with Gasteiger partial charge >= 0.3 is 6.08 Å². The van der Waals surface area contributed by atoms with E-state index in [0.717, 1.165) is 42.5 Å². The van der Waals surface area contributed by atoms with Crippen molar-refractivity contribution >= 4 is 16.7 Å². The number of rotatable bonds is 0. The van der Waals surface area contributed by atoms with Crippen LogP contribution in [-0.2, 0) is 6.42 Å². The molecule has 2 aliphatic heterocycles. The summed E-state index contributed by atoms with van der Waals surface area (Å²) < 4.78 is 13.8. The lowest BCUT2D eigenvalue weighted by atomic mass is 9.97. The third-order valence-corrected chi connectivity index (χ3v) is 4.50. The van der Waals surface area contributed by atoms with E-state index in [0.29, 0.717) is 23.9 Å². The number of aryl methyl sites for hydroxylation is 2. The monoisotopic (exact) mass is 318 g/mol. The Kier molecular flexibility index (Phi) is 4.43. The van der Waals surface area contributed by atoms with Gasteiger partial charge in [0.05, 0.1) is 22.7 Å². The largest absolute Gasteiger partial charge is 0.391 e. The summed E-state index contributed by atoms with van der Waals surface area (Å²) in [4.78, 5) is 14.6. The summed E-state index contributed by atoms with van der Waals surface area (Å²) in [7, 11) is 0. The van der Waals surface area contributed by atoms with E-state index in [9.17, 15) is 9.50 Å². The summed E-state index contributed by atoms with van der Waals surface area (Å²) in [5.41, 5.74) is 2.41. The average Bonchev–Trinajstić information content (AvgIpc) is 2.67. The molecule has 2 atom stereocenters. The lowest BCUT2D eigenvalue weighted by Gasteiger charge is -2.38. The molecule has 6 heteroatoms. The maximum Gasteiger partial charge on any atom is 0.311 e. The number of fused-ring (bicyclic) bond motifs is 2. The number of hydrogen-bond donors (Lipinski definition) is 1. The van der Waals surface area contributed by atoms with E-state index in [2.05, 4.69) is 19.9 Å². The number of anilines is 1. The molecule has 1 N–H and O–H groups in total. The summed E-state index contributed by atoms with van der Waals surface area (Å²) in [6.07, 6.45) is 2.40. The molecular formula is C17H23FN4O. The Morgan fingerprint density at radius 1 is 1.17 bits per heavy atom. The third-order valence-electron chi connectivity index (χ3n) is 4.50. The lowest BCUT2D eigenvalue weighted by Crippen LogP contribution is -2.46. The molecule has 124 valence electrons. The number of halogens is 1. The maximum atomic E-state index is 13.8. The first-order chi connectivity index (χ1) is 11.1. The molecule has 2 aliphatic rings. The first kappa shape index (κ1) is 16.1. The van der Waals surface area contributed by atoms with Gasteiger partial charge in [0.2, 0.25) is 0 Å². The van der Waals surface area contributed by atoms with Crippen molar-refractivity contribution in [3.05, 3.63) is 23.5 Å². The van der Waals surface area contributed by atoms with Crippen LogP contribution in [0, 0.1) is 13.0 Å². The number of aliphatic hydroxyl groups excluding tert-OH is 1. The van der Waals surface area contributed by atoms with Gasteiger partial charge in [0.1, 0.15) is 5.82 Å². The van der Waals surface area contributed by atoms with Gasteiger partial charge in [0, 0.05) is 18.3 Å². The van der Waals surface area contributed by atoms with Crippen LogP contribution >= 0.6 is 0 Å². The second-order valence-corrected chi connectivity index (χ2v) is 6.00. The van der Waals surface area contributed by atoms with Crippen LogP contribution in [0.3, 0.4) is 0 Å². The summed E-state index contributed by atoms with van der Waals surface area (Å²) in [5, 5.41) is 10.8. The molecule has 1 fully saturated rings. The zero-order valence-corrected chi connectivity index (χ0v) is 13.9. The number of aliphatic hydroxyl groups is 1. The number of aromatic nitrogens is 3. The van der Waals surface area contributed by atoms with E-state index in [4.69, 9.17) is 0 Å². The van der Waals surface area contributed by atoms with Gasteiger partial charge in [-0.25, -0.2) is 4.98 Å². The molecule has 0 spiro atoms. The van der Waals surface area contributed by atoms with Crippen molar-refractivity contribution in [1.82, 2.24) is 15.0 Å². The highest BCUT2D eigenvalue weighted by Crippen LogP contribution is 2.36. The minimum Gasteiger partial charge on any atom is -0.391 e. The number of nitrogens with zero attached hydrogens (tertiary/aromatic N) is 4. The van der Waals surface area contributed by atoms with Crippen LogP contribution in [-0.4, -0.2) is 38.7 Å². The van der Waals surface area contributed by atoms with Crippen molar-refractivity contribution in [2.75, 3.05) is 11.4 Å². The highest BCUT2D eigenvalue weighted by molar-refractivity contribution is 5.92. The van der Waals surface area contributed by atoms with Gasteiger partial charge < -0.3 is 10.0 Å². The van der Waals surface area contributed by atoms with Gasteiger partial charge in [-0.3, -0.25) is 4.98 Å². The van der Waals surface area contributed by atoms with Crippen molar-refractivity contribution in [2.24, 2.45) is 0 Å². The van der Waals surface area contributed by atoms with Gasteiger partial charge in [0.15, 0.2) is 0 Å². The minimum atomic E-state index is -0.713. The first-order valence-electron chi connectivity index (χ1n) is 8.40. The fourth-order valence-corrected chi connectivity index (χ4v) is 3.58. The maximum absolute atomic E-state index is 13.8. The van der Waals surface area contributed by atoms with E-state index >= 15 is 0 Å². The van der Waals surface area contributed by atoms with Gasteiger partial charge in [-0.1, -0.05) is 13.8 Å². The van der Waals surface area contributed by atoms with Crippen LogP contribution in [0.1, 0.15) is 44.5 Å². The Balaban J connectivity index is 0.000000753. The van der Waals surface area contributed by atoms with Crippen molar-refractivity contribution in [3.63, 3.8) is 0 Å². The van der Waals surface area contributed by atoms with Crippen LogP contribution in [0.2, 0.25) is 0 Å². The summed E-state index contributed by atoms with van der Waals surface area (Å²) in [5.74, 6) is 0.598. The standard InChI is InChI=1S/C15H17FN4O.C2H6/c1-8-6-12-13-11(17-8)5-3-9-2-4-10(21)7-20(9)14(13)19-15(16)18-12;1-2/h6,9-10,21H,2-5,7H2,1H3;1-2H3. The Morgan fingerprint density at radius 2 is 1.96 bits per heavy atom. The molecule has 1 saturated heterocycles. The molecule has 23 heavy (non-hydrogen) atoms. The predicted molar refractivity (Wildman–Crippen MR) is 88.1 cm³/mol. The number of pyridine rings is 1. The van der Waals surface area contributed by atoms with Crippen LogP contribution < -0.4 is 4.90 Å². The van der Waals surface area contributed by atoms with Crippen molar-refractivity contribution in [3.8, 4) is 0 Å². The van der Waals surface area contributed by atoms with Gasteiger partial charge in [-0.2, -0.15) is 9.37 Å². The fourth-order valence-electron chi connectivity index (χ4n) is 3.58. The van der Waals surface area contributed by atoms with E-state index in [1.54, 1.807) is 6.07 Å². The summed E-state index contributed by atoms with van der Waals surface area (Å²) >= 11 is 0. The predicted octanol–water partition coefficient (Wildman–Crippen LogP) is 2.77. The summed E-state index contributed by atoms with van der Waals surface area (Å²) in [6, 6.07) is 2.09. The second-order valence-electron chi connectivity index (χ2n) is 6.00. The zero-order chi connectivity index (χ0) is 16.6. The SMILES string of the molecule is CC.Cc1cc2nc(F)nc3c2c(n1)CCC1CCC(O)CN31.